The van der Waals surface area contributed by atoms with E-state index in [0.29, 0.717) is 0 Å². The maximum absolute atomic E-state index is 12.2. The molecule has 3 aromatic heterocycles. The van der Waals surface area contributed by atoms with Gasteiger partial charge in [0.25, 0.3) is 0 Å². The molecule has 0 fully saturated rings. The van der Waals surface area contributed by atoms with E-state index in [-0.39, 0.29) is 47.9 Å². The fourth-order valence-electron chi connectivity index (χ4n) is 6.12. The second-order valence-corrected chi connectivity index (χ2v) is 15.6. The molecule has 1 N–H and O–H groups in total. The SMILES string of the molecule is CCC(C)(CC)C(=O)/C=C(\O)C(C)(CC)CC.Cc1coc2cc3c(cc12)sc1ncnc(-c2[c-]c4ccccc4c(C(C)(C)C)c2)c13.[Ir]. The number of carbonyl (C=O) groups excluding carboxylic acids is 1. The molecule has 3 aromatic carbocycles. The Morgan fingerprint density at radius 1 is 0.898 bits per heavy atom. The van der Waals surface area contributed by atoms with Crippen molar-refractivity contribution < 1.29 is 34.4 Å². The Morgan fingerprint density at radius 3 is 2.18 bits per heavy atom. The quantitative estimate of drug-likeness (QED) is 0.0938. The van der Waals surface area contributed by atoms with Crippen molar-refractivity contribution in [3.63, 3.8) is 0 Å². The van der Waals surface area contributed by atoms with Gasteiger partial charge < -0.3 is 9.52 Å². The van der Waals surface area contributed by atoms with Crippen molar-refractivity contribution in [2.45, 2.75) is 100 Å². The molecule has 261 valence electrons. The summed E-state index contributed by atoms with van der Waals surface area (Å²) in [4.78, 5) is 22.5. The van der Waals surface area contributed by atoms with Crippen molar-refractivity contribution in [2.24, 2.45) is 10.8 Å². The molecule has 0 saturated heterocycles. The molecule has 7 heteroatoms. The molecule has 0 atom stereocenters. The van der Waals surface area contributed by atoms with E-state index in [1.165, 1.54) is 21.7 Å². The molecule has 0 saturated carbocycles. The number of aromatic nitrogens is 2. The molecule has 6 aromatic rings. The second kappa shape index (κ2) is 14.8. The van der Waals surface area contributed by atoms with Crippen molar-refractivity contribution in [2.75, 3.05) is 0 Å². The first-order chi connectivity index (χ1) is 22.7. The first-order valence-electron chi connectivity index (χ1n) is 17.2. The van der Waals surface area contributed by atoms with E-state index >= 15 is 0 Å². The van der Waals surface area contributed by atoms with Gasteiger partial charge in [0.2, 0.25) is 0 Å². The van der Waals surface area contributed by atoms with Gasteiger partial charge in [-0.2, -0.15) is 0 Å². The number of fused-ring (bicyclic) bond motifs is 5. The number of hydrogen-bond donors (Lipinski definition) is 1. The Labute approximate surface area is 308 Å². The summed E-state index contributed by atoms with van der Waals surface area (Å²) in [6.07, 6.45) is 8.24. The van der Waals surface area contributed by atoms with Crippen LogP contribution in [0.5, 0.6) is 0 Å². The smallest absolute Gasteiger partial charge is 0.164 e. The van der Waals surface area contributed by atoms with Gasteiger partial charge in [0, 0.05) is 63.6 Å². The number of furan rings is 1. The summed E-state index contributed by atoms with van der Waals surface area (Å²) in [5, 5.41) is 15.9. The van der Waals surface area contributed by atoms with Crippen LogP contribution in [-0.2, 0) is 30.3 Å². The Balaban J connectivity index is 0.000000260. The number of nitrogens with zero attached hydrogens (tertiary/aromatic N) is 2. The minimum absolute atomic E-state index is 0. The summed E-state index contributed by atoms with van der Waals surface area (Å²) in [6.45, 7) is 20.9. The summed E-state index contributed by atoms with van der Waals surface area (Å²) in [5.41, 5.74) is 4.68. The van der Waals surface area contributed by atoms with Crippen LogP contribution >= 0.6 is 11.3 Å². The van der Waals surface area contributed by atoms with Gasteiger partial charge in [-0.15, -0.1) is 40.5 Å². The van der Waals surface area contributed by atoms with E-state index in [1.54, 1.807) is 17.7 Å². The minimum Gasteiger partial charge on any atom is -0.512 e. The number of hydrogen-bond acceptors (Lipinski definition) is 6. The molecule has 0 bridgehead atoms. The number of carbonyl (C=O) groups is 1. The van der Waals surface area contributed by atoms with Crippen LogP contribution in [0.3, 0.4) is 0 Å². The molecule has 0 unspecified atom stereocenters. The van der Waals surface area contributed by atoms with Crippen molar-refractivity contribution in [1.29, 1.82) is 0 Å². The third kappa shape index (κ3) is 7.40. The molecule has 0 spiro atoms. The minimum atomic E-state index is -0.337. The third-order valence-electron chi connectivity index (χ3n) is 10.6. The van der Waals surface area contributed by atoms with E-state index in [2.05, 4.69) is 81.2 Å². The van der Waals surface area contributed by atoms with E-state index < -0.39 is 0 Å². The van der Waals surface area contributed by atoms with Crippen molar-refractivity contribution in [3.05, 3.63) is 84.1 Å². The maximum Gasteiger partial charge on any atom is 0.164 e. The summed E-state index contributed by atoms with van der Waals surface area (Å²) in [7, 11) is 0. The number of aliphatic hydroxyl groups is 1. The molecular weight excluding hydrogens is 805 g/mol. The first kappa shape index (κ1) is 38.4. The summed E-state index contributed by atoms with van der Waals surface area (Å²) >= 11 is 1.70. The topological polar surface area (TPSA) is 76.2 Å². The molecule has 0 aliphatic rings. The molecule has 49 heavy (non-hydrogen) atoms. The van der Waals surface area contributed by atoms with Crippen LogP contribution in [0.15, 0.2) is 71.3 Å². The van der Waals surface area contributed by atoms with Crippen molar-refractivity contribution >= 4 is 59.2 Å². The molecule has 6 rings (SSSR count). The zero-order valence-corrected chi connectivity index (χ0v) is 33.7. The van der Waals surface area contributed by atoms with Crippen LogP contribution in [-0.4, -0.2) is 20.9 Å². The number of aryl methyl sites for hydroxylation is 1. The predicted octanol–water partition coefficient (Wildman–Crippen LogP) is 12.5. The van der Waals surface area contributed by atoms with Gasteiger partial charge >= 0.3 is 0 Å². The van der Waals surface area contributed by atoms with Crippen molar-refractivity contribution in [3.8, 4) is 11.3 Å². The number of ketones is 1. The molecular formula is C42H49IrN2O3S-. The Kier molecular flexibility index (Phi) is 11.6. The number of aliphatic hydroxyl groups excluding tert-OH is 1. The Morgan fingerprint density at radius 2 is 1.55 bits per heavy atom. The van der Waals surface area contributed by atoms with Crippen LogP contribution in [0.2, 0.25) is 0 Å². The normalized spacial score (nSPS) is 12.7. The number of rotatable bonds is 8. The van der Waals surface area contributed by atoms with E-state index in [4.69, 9.17) is 9.40 Å². The molecule has 1 radical (unpaired) electrons. The van der Waals surface area contributed by atoms with Crippen LogP contribution in [0.4, 0.5) is 0 Å². The number of benzene rings is 3. The van der Waals surface area contributed by atoms with Gasteiger partial charge in [0.15, 0.2) is 5.78 Å². The fraction of sp³-hybridized carbons (Fsp3) is 0.405. The Bertz CT molecular complexity index is 2140. The monoisotopic (exact) mass is 854 g/mol. The maximum atomic E-state index is 12.2. The molecule has 5 nitrogen and oxygen atoms in total. The molecule has 0 aliphatic carbocycles. The summed E-state index contributed by atoms with van der Waals surface area (Å²) in [6, 6.07) is 18.7. The largest absolute Gasteiger partial charge is 0.512 e. The number of allylic oxidation sites excluding steroid dienone is 2. The second-order valence-electron chi connectivity index (χ2n) is 14.6. The number of thiophene rings is 1. The summed E-state index contributed by atoms with van der Waals surface area (Å²) in [5.74, 6) is 0.286. The predicted molar refractivity (Wildman–Crippen MR) is 203 cm³/mol. The first-order valence-corrected chi connectivity index (χ1v) is 18.0. The standard InChI is InChI=1S/C27H21N2OS.C15H28O2.Ir/c1-15-13-30-22-11-20-23(12-19(15)22)31-26-24(20)25(28-14-29-26)17-9-16-7-5-6-8-18(16)21(10-17)27(2,3)4;1-7-14(5,8-2)12(16)11-13(17)15(6,9-3)10-4;/h5-8,10-14H,1-4H3;11,16H,7-10H2,1-6H3;/q-1;;/b;12-11-;. The van der Waals surface area contributed by atoms with Gasteiger partial charge in [0.1, 0.15) is 22.5 Å². The zero-order chi connectivity index (χ0) is 35.0. The van der Waals surface area contributed by atoms with Crippen LogP contribution < -0.4 is 0 Å². The van der Waals surface area contributed by atoms with Gasteiger partial charge in [-0.3, -0.25) is 9.78 Å². The van der Waals surface area contributed by atoms with Gasteiger partial charge in [0.05, 0.1) is 6.26 Å². The van der Waals surface area contributed by atoms with Gasteiger partial charge in [-0.1, -0.05) is 91.5 Å². The van der Waals surface area contributed by atoms with Crippen LogP contribution in [0.25, 0.3) is 53.3 Å². The van der Waals surface area contributed by atoms with Gasteiger partial charge in [-0.05, 0) is 55.7 Å². The molecule has 0 aliphatic heterocycles. The van der Waals surface area contributed by atoms with E-state index in [1.807, 2.05) is 47.8 Å². The molecule has 3 heterocycles. The van der Waals surface area contributed by atoms with Crippen molar-refractivity contribution in [1.82, 2.24) is 9.97 Å². The van der Waals surface area contributed by atoms with Crippen LogP contribution in [0.1, 0.15) is 99.1 Å². The zero-order valence-electron chi connectivity index (χ0n) is 30.5. The average Bonchev–Trinajstić information content (AvgIpc) is 3.64. The third-order valence-corrected chi connectivity index (χ3v) is 11.7. The van der Waals surface area contributed by atoms with Gasteiger partial charge in [-0.25, -0.2) is 4.98 Å². The van der Waals surface area contributed by atoms with E-state index in [9.17, 15) is 9.90 Å². The van der Waals surface area contributed by atoms with Crippen LogP contribution in [0, 0.1) is 23.8 Å². The summed E-state index contributed by atoms with van der Waals surface area (Å²) < 4.78 is 7.00. The Hall–Kier alpha value is -3.38. The molecule has 0 amide bonds. The average molecular weight is 854 g/mol. The van der Waals surface area contributed by atoms with E-state index in [0.717, 1.165) is 74.5 Å². The fourth-order valence-corrected chi connectivity index (χ4v) is 7.18.